The van der Waals surface area contributed by atoms with Crippen LogP contribution < -0.4 is 5.32 Å². The topological polar surface area (TPSA) is 75.5 Å². The summed E-state index contributed by atoms with van der Waals surface area (Å²) in [6, 6.07) is 5.05. The average Bonchev–Trinajstić information content (AvgIpc) is 2.48. The molecule has 1 N–H and O–H groups in total. The number of nitro groups is 1. The summed E-state index contributed by atoms with van der Waals surface area (Å²) >= 11 is 0. The van der Waals surface area contributed by atoms with E-state index in [2.05, 4.69) is 5.32 Å². The number of piperazine rings is 1. The minimum atomic E-state index is -0.417. The third-order valence-electron chi connectivity index (χ3n) is 4.20. The van der Waals surface area contributed by atoms with Crippen LogP contribution in [-0.4, -0.2) is 40.9 Å². The van der Waals surface area contributed by atoms with E-state index in [1.54, 1.807) is 17.0 Å². The fourth-order valence-corrected chi connectivity index (χ4v) is 2.67. The number of nitro benzene ring substituents is 1. The predicted octanol–water partition coefficient (Wildman–Crippen LogP) is 2.40. The van der Waals surface area contributed by atoms with E-state index in [1.807, 2.05) is 20.8 Å². The second-order valence-corrected chi connectivity index (χ2v) is 5.44. The normalized spacial score (nSPS) is 21.1. The largest absolute Gasteiger partial charge is 0.333 e. The van der Waals surface area contributed by atoms with Gasteiger partial charge >= 0.3 is 0 Å². The van der Waals surface area contributed by atoms with E-state index in [0.29, 0.717) is 24.1 Å². The Balaban J connectivity index is 0.00000242. The summed E-state index contributed by atoms with van der Waals surface area (Å²) < 4.78 is 0. The molecule has 0 saturated carbocycles. The van der Waals surface area contributed by atoms with Crippen molar-refractivity contribution in [3.8, 4) is 0 Å². The number of aryl methyl sites for hydroxylation is 1. The molecular formula is C15H22ClN3O3. The first kappa shape index (κ1) is 18.4. The van der Waals surface area contributed by atoms with Crippen LogP contribution in [0.15, 0.2) is 18.2 Å². The highest BCUT2D eigenvalue weighted by molar-refractivity contribution is 5.95. The SMILES string of the molecule is CCc1ccc(C(=O)N2CCNC(C)C2C)cc1[N+](=O)[O-].Cl. The van der Waals surface area contributed by atoms with Crippen molar-refractivity contribution in [2.75, 3.05) is 13.1 Å². The minimum Gasteiger partial charge on any atom is -0.333 e. The van der Waals surface area contributed by atoms with Gasteiger partial charge in [-0.05, 0) is 26.3 Å². The van der Waals surface area contributed by atoms with Crippen LogP contribution in [0.3, 0.4) is 0 Å². The fraction of sp³-hybridized carbons (Fsp3) is 0.533. The zero-order chi connectivity index (χ0) is 15.6. The summed E-state index contributed by atoms with van der Waals surface area (Å²) in [7, 11) is 0. The van der Waals surface area contributed by atoms with Gasteiger partial charge in [-0.2, -0.15) is 0 Å². The molecule has 6 nitrogen and oxygen atoms in total. The Morgan fingerprint density at radius 3 is 2.73 bits per heavy atom. The van der Waals surface area contributed by atoms with Crippen molar-refractivity contribution in [1.82, 2.24) is 10.2 Å². The van der Waals surface area contributed by atoms with E-state index >= 15 is 0 Å². The van der Waals surface area contributed by atoms with E-state index in [4.69, 9.17) is 0 Å². The first-order valence-electron chi connectivity index (χ1n) is 7.27. The molecule has 7 heteroatoms. The van der Waals surface area contributed by atoms with Gasteiger partial charge in [-0.25, -0.2) is 0 Å². The third kappa shape index (κ3) is 3.56. The van der Waals surface area contributed by atoms with E-state index < -0.39 is 4.92 Å². The van der Waals surface area contributed by atoms with Crippen LogP contribution >= 0.6 is 12.4 Å². The van der Waals surface area contributed by atoms with Gasteiger partial charge in [-0.3, -0.25) is 14.9 Å². The van der Waals surface area contributed by atoms with Gasteiger partial charge in [0.2, 0.25) is 0 Å². The number of carbonyl (C=O) groups is 1. The molecule has 0 radical (unpaired) electrons. The van der Waals surface area contributed by atoms with Crippen molar-refractivity contribution in [1.29, 1.82) is 0 Å². The van der Waals surface area contributed by atoms with Crippen molar-refractivity contribution in [2.45, 2.75) is 39.3 Å². The molecule has 1 saturated heterocycles. The molecule has 0 aliphatic carbocycles. The molecule has 1 amide bonds. The quantitative estimate of drug-likeness (QED) is 0.683. The van der Waals surface area contributed by atoms with Crippen LogP contribution in [0.2, 0.25) is 0 Å². The number of halogens is 1. The lowest BCUT2D eigenvalue weighted by Gasteiger charge is -2.38. The van der Waals surface area contributed by atoms with Gasteiger partial charge in [-0.1, -0.05) is 13.0 Å². The van der Waals surface area contributed by atoms with Gasteiger partial charge in [0.1, 0.15) is 0 Å². The summed E-state index contributed by atoms with van der Waals surface area (Å²) in [6.45, 7) is 7.25. The van der Waals surface area contributed by atoms with Crippen LogP contribution in [0.4, 0.5) is 5.69 Å². The molecule has 2 unspecified atom stereocenters. The number of hydrogen-bond donors (Lipinski definition) is 1. The van der Waals surface area contributed by atoms with Crippen molar-refractivity contribution >= 4 is 24.0 Å². The summed E-state index contributed by atoms with van der Waals surface area (Å²) in [5.41, 5.74) is 1.07. The molecule has 1 heterocycles. The zero-order valence-electron chi connectivity index (χ0n) is 13.0. The Hall–Kier alpha value is -1.66. The smallest absolute Gasteiger partial charge is 0.273 e. The first-order chi connectivity index (χ1) is 9.95. The molecule has 2 rings (SSSR count). The number of nitrogens with one attached hydrogen (secondary N) is 1. The molecule has 1 aromatic rings. The summed E-state index contributed by atoms with van der Waals surface area (Å²) in [4.78, 5) is 25.1. The first-order valence-corrected chi connectivity index (χ1v) is 7.27. The van der Waals surface area contributed by atoms with Gasteiger partial charge in [-0.15, -0.1) is 12.4 Å². The maximum Gasteiger partial charge on any atom is 0.273 e. The molecule has 1 aliphatic heterocycles. The highest BCUT2D eigenvalue weighted by Gasteiger charge is 2.29. The van der Waals surface area contributed by atoms with E-state index in [1.165, 1.54) is 6.07 Å². The number of carbonyl (C=O) groups excluding carboxylic acids is 1. The Labute approximate surface area is 136 Å². The van der Waals surface area contributed by atoms with Gasteiger partial charge in [0.15, 0.2) is 0 Å². The highest BCUT2D eigenvalue weighted by atomic mass is 35.5. The van der Waals surface area contributed by atoms with E-state index in [0.717, 1.165) is 6.54 Å². The molecule has 0 bridgehead atoms. The van der Waals surface area contributed by atoms with Crippen molar-refractivity contribution in [3.05, 3.63) is 39.4 Å². The lowest BCUT2D eigenvalue weighted by Crippen LogP contribution is -2.57. The van der Waals surface area contributed by atoms with Crippen LogP contribution in [0.25, 0.3) is 0 Å². The van der Waals surface area contributed by atoms with E-state index in [-0.39, 0.29) is 36.1 Å². The summed E-state index contributed by atoms with van der Waals surface area (Å²) in [5.74, 6) is -0.137. The number of amides is 1. The fourth-order valence-electron chi connectivity index (χ4n) is 2.67. The van der Waals surface area contributed by atoms with Crippen LogP contribution in [0, 0.1) is 10.1 Å². The Morgan fingerprint density at radius 2 is 2.14 bits per heavy atom. The van der Waals surface area contributed by atoms with Crippen molar-refractivity contribution in [2.24, 2.45) is 0 Å². The molecule has 1 fully saturated rings. The average molecular weight is 328 g/mol. The minimum absolute atomic E-state index is 0. The Kier molecular flexibility index (Phi) is 6.32. The number of rotatable bonds is 3. The number of hydrogen-bond acceptors (Lipinski definition) is 4. The molecule has 0 aromatic heterocycles. The van der Waals surface area contributed by atoms with Crippen molar-refractivity contribution < 1.29 is 9.72 Å². The van der Waals surface area contributed by atoms with Gasteiger partial charge in [0, 0.05) is 42.4 Å². The number of nitrogens with zero attached hydrogens (tertiary/aromatic N) is 2. The standard InChI is InChI=1S/C15H21N3O3.ClH/c1-4-12-5-6-13(9-14(12)18(20)21)15(19)17-8-7-16-10(2)11(17)3;/h5-6,9-11,16H,4,7-8H2,1-3H3;1H. The Morgan fingerprint density at radius 1 is 1.45 bits per heavy atom. The maximum atomic E-state index is 12.6. The lowest BCUT2D eigenvalue weighted by atomic mass is 10.0. The molecule has 122 valence electrons. The second kappa shape index (κ2) is 7.56. The molecular weight excluding hydrogens is 306 g/mol. The van der Waals surface area contributed by atoms with E-state index in [9.17, 15) is 14.9 Å². The van der Waals surface area contributed by atoms with Crippen molar-refractivity contribution in [3.63, 3.8) is 0 Å². The molecule has 22 heavy (non-hydrogen) atoms. The second-order valence-electron chi connectivity index (χ2n) is 5.44. The molecule has 0 spiro atoms. The molecule has 1 aliphatic rings. The molecule has 1 aromatic carbocycles. The van der Waals surface area contributed by atoms with Crippen LogP contribution in [0.5, 0.6) is 0 Å². The Bertz CT molecular complexity index is 565. The summed E-state index contributed by atoms with van der Waals surface area (Å²) in [5, 5.41) is 14.4. The van der Waals surface area contributed by atoms with Gasteiger partial charge < -0.3 is 10.2 Å². The number of benzene rings is 1. The van der Waals surface area contributed by atoms with Crippen LogP contribution in [-0.2, 0) is 6.42 Å². The predicted molar refractivity (Wildman–Crippen MR) is 87.7 cm³/mol. The third-order valence-corrected chi connectivity index (χ3v) is 4.20. The van der Waals surface area contributed by atoms with Gasteiger partial charge in [0.25, 0.3) is 11.6 Å². The van der Waals surface area contributed by atoms with Gasteiger partial charge in [0.05, 0.1) is 4.92 Å². The lowest BCUT2D eigenvalue weighted by molar-refractivity contribution is -0.385. The molecule has 2 atom stereocenters. The maximum absolute atomic E-state index is 12.6. The monoisotopic (exact) mass is 327 g/mol. The van der Waals surface area contributed by atoms with Crippen LogP contribution in [0.1, 0.15) is 36.7 Å². The highest BCUT2D eigenvalue weighted by Crippen LogP contribution is 2.23. The zero-order valence-corrected chi connectivity index (χ0v) is 13.9. The summed E-state index contributed by atoms with van der Waals surface area (Å²) in [6.07, 6.45) is 0.575.